The molecule has 0 aliphatic heterocycles. The largest absolute Gasteiger partial charge is 0.442 e. The maximum Gasteiger partial charge on any atom is 0.442 e. The molecule has 0 radical (unpaired) electrons. The molecule has 5 nitrogen and oxygen atoms in total. The Hall–Kier alpha value is -1.77. The third-order valence-corrected chi connectivity index (χ3v) is 3.32. The Kier molecular flexibility index (Phi) is 4.17. The van der Waals surface area contributed by atoms with Crippen molar-refractivity contribution in [3.05, 3.63) is 30.2 Å². The molecule has 0 saturated heterocycles. The number of hydrogen-bond acceptors (Lipinski definition) is 4. The van der Waals surface area contributed by atoms with Gasteiger partial charge in [0.15, 0.2) is 11.5 Å². The lowest BCUT2D eigenvalue weighted by Crippen LogP contribution is -2.32. The molecule has 0 aliphatic rings. The first-order valence-electron chi connectivity index (χ1n) is 5.68. The third kappa shape index (κ3) is 3.62. The lowest BCUT2D eigenvalue weighted by molar-refractivity contribution is -0.120. The highest BCUT2D eigenvalue weighted by atomic mass is 32.2. The van der Waals surface area contributed by atoms with Crippen molar-refractivity contribution in [2.45, 2.75) is 24.2 Å². The molecule has 1 N–H and O–H groups in total. The summed E-state index contributed by atoms with van der Waals surface area (Å²) in [5, 5.41) is 8.95. The van der Waals surface area contributed by atoms with E-state index >= 15 is 0 Å². The summed E-state index contributed by atoms with van der Waals surface area (Å²) in [7, 11) is 0. The van der Waals surface area contributed by atoms with E-state index in [9.17, 15) is 18.0 Å². The zero-order valence-corrected chi connectivity index (χ0v) is 11.2. The first-order valence-corrected chi connectivity index (χ1v) is 6.55. The van der Waals surface area contributed by atoms with Crippen molar-refractivity contribution in [1.82, 2.24) is 19.9 Å². The lowest BCUT2D eigenvalue weighted by Gasteiger charge is -2.13. The third-order valence-electron chi connectivity index (χ3n) is 2.48. The molecule has 2 aromatic heterocycles. The standard InChI is InChI=1S/C11H11F3N4OS/c1-7(20-11(12,13)14)10(19)15-6-9-17-16-8-4-2-3-5-18(8)9/h2-5,7H,6H2,1H3,(H,15,19)/t7-/m1/s1. The molecular weight excluding hydrogens is 293 g/mol. The fourth-order valence-corrected chi connectivity index (χ4v) is 2.17. The van der Waals surface area contributed by atoms with Gasteiger partial charge in [-0.3, -0.25) is 9.20 Å². The summed E-state index contributed by atoms with van der Waals surface area (Å²) in [6, 6.07) is 5.29. The lowest BCUT2D eigenvalue weighted by atomic mass is 10.4. The van der Waals surface area contributed by atoms with Gasteiger partial charge in [0.25, 0.3) is 0 Å². The number of fused-ring (bicyclic) bond motifs is 1. The molecule has 0 bridgehead atoms. The van der Waals surface area contributed by atoms with Crippen LogP contribution in [-0.4, -0.2) is 31.3 Å². The van der Waals surface area contributed by atoms with Gasteiger partial charge in [0.05, 0.1) is 11.8 Å². The number of halogens is 3. The van der Waals surface area contributed by atoms with E-state index in [-0.39, 0.29) is 18.3 Å². The van der Waals surface area contributed by atoms with Crippen LogP contribution in [0.4, 0.5) is 13.2 Å². The summed E-state index contributed by atoms with van der Waals surface area (Å²) in [5.74, 6) is -0.238. The van der Waals surface area contributed by atoms with Crippen LogP contribution in [0.25, 0.3) is 5.65 Å². The average molecular weight is 304 g/mol. The average Bonchev–Trinajstić information content (AvgIpc) is 2.77. The van der Waals surface area contributed by atoms with Crippen LogP contribution in [0, 0.1) is 0 Å². The van der Waals surface area contributed by atoms with Gasteiger partial charge in [0, 0.05) is 6.20 Å². The van der Waals surface area contributed by atoms with Crippen molar-refractivity contribution in [2.24, 2.45) is 0 Å². The predicted octanol–water partition coefficient (Wildman–Crippen LogP) is 1.99. The molecule has 2 rings (SSSR count). The van der Waals surface area contributed by atoms with Crippen LogP contribution < -0.4 is 5.32 Å². The monoisotopic (exact) mass is 304 g/mol. The van der Waals surface area contributed by atoms with Crippen molar-refractivity contribution in [2.75, 3.05) is 0 Å². The zero-order chi connectivity index (χ0) is 14.8. The Balaban J connectivity index is 1.97. The molecule has 1 atom stereocenters. The molecule has 0 spiro atoms. The normalized spacial score (nSPS) is 13.4. The Morgan fingerprint density at radius 2 is 2.20 bits per heavy atom. The van der Waals surface area contributed by atoms with Crippen LogP contribution in [0.3, 0.4) is 0 Å². The minimum atomic E-state index is -4.43. The van der Waals surface area contributed by atoms with Gasteiger partial charge in [0.1, 0.15) is 0 Å². The number of hydrogen-bond donors (Lipinski definition) is 1. The number of carbonyl (C=O) groups excluding carboxylic acids is 1. The van der Waals surface area contributed by atoms with E-state index in [0.29, 0.717) is 11.5 Å². The van der Waals surface area contributed by atoms with Crippen LogP contribution in [0.1, 0.15) is 12.7 Å². The minimum Gasteiger partial charge on any atom is -0.348 e. The number of amides is 1. The van der Waals surface area contributed by atoms with Crippen molar-refractivity contribution in [3.8, 4) is 0 Å². The highest BCUT2D eigenvalue weighted by molar-refractivity contribution is 8.01. The predicted molar refractivity (Wildman–Crippen MR) is 67.9 cm³/mol. The van der Waals surface area contributed by atoms with Gasteiger partial charge in [-0.2, -0.15) is 13.2 Å². The second kappa shape index (κ2) is 5.70. The van der Waals surface area contributed by atoms with Crippen molar-refractivity contribution in [1.29, 1.82) is 0 Å². The van der Waals surface area contributed by atoms with E-state index in [0.717, 1.165) is 0 Å². The number of nitrogens with zero attached hydrogens (tertiary/aromatic N) is 3. The fourth-order valence-electron chi connectivity index (χ4n) is 1.58. The molecule has 0 saturated carbocycles. The number of rotatable bonds is 4. The van der Waals surface area contributed by atoms with Crippen LogP contribution in [0.15, 0.2) is 24.4 Å². The van der Waals surface area contributed by atoms with Crippen molar-refractivity contribution >= 4 is 23.3 Å². The molecule has 108 valence electrons. The van der Waals surface area contributed by atoms with Gasteiger partial charge in [-0.05, 0) is 30.8 Å². The molecule has 2 aromatic rings. The maximum atomic E-state index is 12.1. The van der Waals surface area contributed by atoms with Gasteiger partial charge in [-0.15, -0.1) is 10.2 Å². The quantitative estimate of drug-likeness (QED) is 0.938. The summed E-state index contributed by atoms with van der Waals surface area (Å²) in [6.07, 6.45) is 1.71. The summed E-state index contributed by atoms with van der Waals surface area (Å²) in [4.78, 5) is 11.6. The highest BCUT2D eigenvalue weighted by Gasteiger charge is 2.34. The van der Waals surface area contributed by atoms with Gasteiger partial charge in [-0.1, -0.05) is 6.07 Å². The van der Waals surface area contributed by atoms with E-state index in [1.54, 1.807) is 28.8 Å². The summed E-state index contributed by atoms with van der Waals surface area (Å²) >= 11 is -0.349. The molecule has 20 heavy (non-hydrogen) atoms. The Bertz CT molecular complexity index is 613. The Labute approximate surface area is 116 Å². The van der Waals surface area contributed by atoms with Crippen LogP contribution in [-0.2, 0) is 11.3 Å². The maximum absolute atomic E-state index is 12.1. The molecule has 2 heterocycles. The molecule has 0 fully saturated rings. The SMILES string of the molecule is C[C@@H](SC(F)(F)F)C(=O)NCc1nnc2ccccn12. The first kappa shape index (κ1) is 14.6. The number of aromatic nitrogens is 3. The Morgan fingerprint density at radius 1 is 1.45 bits per heavy atom. The summed E-state index contributed by atoms with van der Waals surface area (Å²) in [6.45, 7) is 1.22. The Morgan fingerprint density at radius 3 is 2.90 bits per heavy atom. The molecule has 0 aromatic carbocycles. The number of carbonyl (C=O) groups is 1. The minimum absolute atomic E-state index is 0.0206. The van der Waals surface area contributed by atoms with Crippen molar-refractivity contribution in [3.63, 3.8) is 0 Å². The van der Waals surface area contributed by atoms with Gasteiger partial charge < -0.3 is 5.32 Å². The zero-order valence-electron chi connectivity index (χ0n) is 10.4. The number of alkyl halides is 3. The second-order valence-corrected chi connectivity index (χ2v) is 5.37. The number of thioether (sulfide) groups is 1. The van der Waals surface area contributed by atoms with Gasteiger partial charge in [-0.25, -0.2) is 0 Å². The summed E-state index contributed by atoms with van der Waals surface area (Å²) in [5.41, 5.74) is -3.83. The molecule has 0 unspecified atom stereocenters. The molecule has 9 heteroatoms. The molecular formula is C11H11F3N4OS. The van der Waals surface area contributed by atoms with Crippen molar-refractivity contribution < 1.29 is 18.0 Å². The van der Waals surface area contributed by atoms with E-state index in [1.807, 2.05) is 0 Å². The fraction of sp³-hybridized carbons (Fsp3) is 0.364. The van der Waals surface area contributed by atoms with E-state index < -0.39 is 16.7 Å². The highest BCUT2D eigenvalue weighted by Crippen LogP contribution is 2.33. The number of nitrogens with one attached hydrogen (secondary N) is 1. The van der Waals surface area contributed by atoms with Gasteiger partial charge in [0.2, 0.25) is 5.91 Å². The second-order valence-electron chi connectivity index (χ2n) is 3.97. The van der Waals surface area contributed by atoms with Crippen LogP contribution in [0.2, 0.25) is 0 Å². The van der Waals surface area contributed by atoms with Crippen LogP contribution in [0.5, 0.6) is 0 Å². The smallest absolute Gasteiger partial charge is 0.348 e. The molecule has 1 amide bonds. The van der Waals surface area contributed by atoms with E-state index in [4.69, 9.17) is 0 Å². The van der Waals surface area contributed by atoms with E-state index in [2.05, 4.69) is 15.5 Å². The first-order chi connectivity index (χ1) is 9.37. The molecule has 0 aliphatic carbocycles. The van der Waals surface area contributed by atoms with Gasteiger partial charge >= 0.3 is 5.51 Å². The number of pyridine rings is 1. The summed E-state index contributed by atoms with van der Waals surface area (Å²) < 4.78 is 38.1. The van der Waals surface area contributed by atoms with E-state index in [1.165, 1.54) is 6.92 Å². The topological polar surface area (TPSA) is 59.3 Å². The van der Waals surface area contributed by atoms with Crippen LogP contribution >= 0.6 is 11.8 Å².